The minimum Gasteiger partial charge on any atom is -0.491 e. The molecule has 1 aromatic heterocycles. The maximum absolute atomic E-state index is 5.77. The van der Waals surface area contributed by atoms with Crippen LogP contribution in [0, 0.1) is 13.8 Å². The molecule has 0 fully saturated rings. The summed E-state index contributed by atoms with van der Waals surface area (Å²) in [5, 5.41) is 4.53. The Kier molecular flexibility index (Phi) is 4.02. The smallest absolute Gasteiger partial charge is 0.214 e. The Morgan fingerprint density at radius 3 is 2.40 bits per heavy atom. The van der Waals surface area contributed by atoms with Crippen LogP contribution in [-0.4, -0.2) is 23.0 Å². The fraction of sp³-hybridized carbons (Fsp3) is 0.438. The quantitative estimate of drug-likeness (QED) is 0.856. The summed E-state index contributed by atoms with van der Waals surface area (Å²) in [4.78, 5) is 0. The van der Waals surface area contributed by atoms with Crippen molar-refractivity contribution in [2.45, 2.75) is 33.8 Å². The number of aromatic nitrogens is 2. The van der Waals surface area contributed by atoms with Gasteiger partial charge in [0.15, 0.2) is 0 Å². The van der Waals surface area contributed by atoms with E-state index in [9.17, 15) is 0 Å². The van der Waals surface area contributed by atoms with E-state index in [1.165, 1.54) is 0 Å². The topological polar surface area (TPSA) is 36.3 Å². The molecule has 0 spiro atoms. The van der Waals surface area contributed by atoms with Crippen LogP contribution in [0.3, 0.4) is 0 Å². The second-order valence-electron chi connectivity index (χ2n) is 5.25. The largest absolute Gasteiger partial charge is 0.491 e. The first-order chi connectivity index (χ1) is 9.43. The lowest BCUT2D eigenvalue weighted by molar-refractivity contribution is 0.241. The molecule has 0 N–H and O–H groups in total. The predicted molar refractivity (Wildman–Crippen MR) is 80.4 cm³/mol. The Morgan fingerprint density at radius 1 is 1.20 bits per heavy atom. The Morgan fingerprint density at radius 2 is 1.90 bits per heavy atom. The highest BCUT2D eigenvalue weighted by Crippen LogP contribution is 2.31. The molecule has 20 heavy (non-hydrogen) atoms. The molecule has 4 nitrogen and oxygen atoms in total. The van der Waals surface area contributed by atoms with Crippen LogP contribution in [0.1, 0.15) is 25.0 Å². The van der Waals surface area contributed by atoms with Gasteiger partial charge >= 0.3 is 0 Å². The van der Waals surface area contributed by atoms with Crippen LogP contribution in [0.25, 0.3) is 11.3 Å². The summed E-state index contributed by atoms with van der Waals surface area (Å²) in [7, 11) is 3.55. The van der Waals surface area contributed by atoms with Crippen molar-refractivity contribution in [3.8, 4) is 22.9 Å². The third-order valence-corrected chi connectivity index (χ3v) is 3.22. The number of nitrogens with zero attached hydrogens (tertiary/aromatic N) is 2. The average molecular weight is 274 g/mol. The van der Waals surface area contributed by atoms with Crippen LogP contribution >= 0.6 is 0 Å². The zero-order valence-corrected chi connectivity index (χ0v) is 13.0. The molecule has 2 rings (SSSR count). The molecule has 0 saturated carbocycles. The van der Waals surface area contributed by atoms with E-state index in [0.717, 1.165) is 34.0 Å². The summed E-state index contributed by atoms with van der Waals surface area (Å²) in [5.41, 5.74) is 4.19. The molecular formula is C16H22N2O2. The monoisotopic (exact) mass is 274 g/mol. The number of hydrogen-bond acceptors (Lipinski definition) is 3. The minimum atomic E-state index is 0.177. The highest BCUT2D eigenvalue weighted by Gasteiger charge is 2.15. The molecule has 0 radical (unpaired) electrons. The summed E-state index contributed by atoms with van der Waals surface area (Å²) in [6.45, 7) is 8.13. The van der Waals surface area contributed by atoms with Crippen LogP contribution in [0.4, 0.5) is 0 Å². The lowest BCUT2D eigenvalue weighted by atomic mass is 10.1. The predicted octanol–water partition coefficient (Wildman–Crippen LogP) is 3.50. The molecule has 1 heterocycles. The van der Waals surface area contributed by atoms with Crippen LogP contribution in [-0.2, 0) is 7.05 Å². The van der Waals surface area contributed by atoms with Crippen LogP contribution < -0.4 is 9.47 Å². The Bertz CT molecular complexity index is 615. The van der Waals surface area contributed by atoms with Gasteiger partial charge in [-0.3, -0.25) is 0 Å². The molecular weight excluding hydrogens is 252 g/mol. The van der Waals surface area contributed by atoms with Crippen molar-refractivity contribution in [3.05, 3.63) is 29.3 Å². The molecule has 0 aliphatic heterocycles. The second-order valence-corrected chi connectivity index (χ2v) is 5.25. The summed E-state index contributed by atoms with van der Waals surface area (Å²) in [6, 6.07) is 6.15. The Labute approximate surface area is 120 Å². The van der Waals surface area contributed by atoms with Crippen molar-refractivity contribution in [1.82, 2.24) is 9.78 Å². The van der Waals surface area contributed by atoms with E-state index in [-0.39, 0.29) is 6.10 Å². The highest BCUT2D eigenvalue weighted by atomic mass is 16.5. The van der Waals surface area contributed by atoms with Crippen LogP contribution in [0.5, 0.6) is 11.6 Å². The first kappa shape index (κ1) is 14.4. The number of rotatable bonds is 4. The lowest BCUT2D eigenvalue weighted by Crippen LogP contribution is -2.06. The maximum atomic E-state index is 5.77. The molecule has 108 valence electrons. The molecule has 4 heteroatoms. The first-order valence-corrected chi connectivity index (χ1v) is 6.79. The van der Waals surface area contributed by atoms with Gasteiger partial charge in [0.25, 0.3) is 0 Å². The standard InChI is InChI=1S/C16H22N2O2/c1-10(2)20-14-8-7-13(9-11(14)3)15-12(4)16(19-6)18(5)17-15/h7-10H,1-6H3. The molecule has 0 aliphatic rings. The molecule has 0 atom stereocenters. The van der Waals surface area contributed by atoms with E-state index in [0.29, 0.717) is 0 Å². The van der Waals surface area contributed by atoms with E-state index in [1.807, 2.05) is 40.0 Å². The van der Waals surface area contributed by atoms with Crippen molar-refractivity contribution < 1.29 is 9.47 Å². The SMILES string of the molecule is COc1c(C)c(-c2ccc(OC(C)C)c(C)c2)nn1C. The van der Waals surface area contributed by atoms with Gasteiger partial charge in [-0.05, 0) is 51.5 Å². The van der Waals surface area contributed by atoms with Gasteiger partial charge in [-0.25, -0.2) is 4.68 Å². The molecule has 0 saturated heterocycles. The fourth-order valence-corrected chi connectivity index (χ4v) is 2.36. The maximum Gasteiger partial charge on any atom is 0.214 e. The lowest BCUT2D eigenvalue weighted by Gasteiger charge is -2.13. The van der Waals surface area contributed by atoms with Gasteiger partial charge in [0.2, 0.25) is 5.88 Å². The van der Waals surface area contributed by atoms with Gasteiger partial charge in [-0.15, -0.1) is 0 Å². The number of hydrogen-bond donors (Lipinski definition) is 0. The normalized spacial score (nSPS) is 10.9. The van der Waals surface area contributed by atoms with Crippen LogP contribution in [0.2, 0.25) is 0 Å². The van der Waals surface area contributed by atoms with Gasteiger partial charge in [0, 0.05) is 18.2 Å². The highest BCUT2D eigenvalue weighted by molar-refractivity contribution is 5.67. The number of ether oxygens (including phenoxy) is 2. The molecule has 0 amide bonds. The van der Waals surface area contributed by atoms with E-state index in [4.69, 9.17) is 9.47 Å². The second kappa shape index (κ2) is 5.57. The number of benzene rings is 1. The van der Waals surface area contributed by atoms with Gasteiger partial charge in [-0.2, -0.15) is 5.10 Å². The zero-order valence-electron chi connectivity index (χ0n) is 13.0. The molecule has 0 bridgehead atoms. The van der Waals surface area contributed by atoms with Crippen molar-refractivity contribution in [2.75, 3.05) is 7.11 Å². The van der Waals surface area contributed by atoms with Gasteiger partial charge in [-0.1, -0.05) is 0 Å². The Balaban J connectivity index is 2.42. The summed E-state index contributed by atoms with van der Waals surface area (Å²) >= 11 is 0. The van der Waals surface area contributed by atoms with E-state index < -0.39 is 0 Å². The number of aryl methyl sites for hydroxylation is 2. The van der Waals surface area contributed by atoms with Gasteiger partial charge < -0.3 is 9.47 Å². The summed E-state index contributed by atoms with van der Waals surface area (Å²) < 4.78 is 12.9. The molecule has 1 aromatic carbocycles. The van der Waals surface area contributed by atoms with E-state index in [2.05, 4.69) is 18.1 Å². The summed E-state index contributed by atoms with van der Waals surface area (Å²) in [6.07, 6.45) is 0.177. The zero-order chi connectivity index (χ0) is 14.9. The van der Waals surface area contributed by atoms with Crippen molar-refractivity contribution >= 4 is 0 Å². The Hall–Kier alpha value is -1.97. The average Bonchev–Trinajstić information content (AvgIpc) is 2.66. The van der Waals surface area contributed by atoms with Crippen LogP contribution in [0.15, 0.2) is 18.2 Å². The molecule has 0 unspecified atom stereocenters. The molecule has 0 aliphatic carbocycles. The fourth-order valence-electron chi connectivity index (χ4n) is 2.36. The third-order valence-electron chi connectivity index (χ3n) is 3.22. The summed E-state index contributed by atoms with van der Waals surface area (Å²) in [5.74, 6) is 1.71. The number of methoxy groups -OCH3 is 1. The van der Waals surface area contributed by atoms with Gasteiger partial charge in [0.1, 0.15) is 5.75 Å². The van der Waals surface area contributed by atoms with Crippen molar-refractivity contribution in [3.63, 3.8) is 0 Å². The van der Waals surface area contributed by atoms with Crippen molar-refractivity contribution in [1.29, 1.82) is 0 Å². The third kappa shape index (κ3) is 2.64. The van der Waals surface area contributed by atoms with E-state index in [1.54, 1.807) is 11.8 Å². The minimum absolute atomic E-state index is 0.177. The van der Waals surface area contributed by atoms with E-state index >= 15 is 0 Å². The van der Waals surface area contributed by atoms with Crippen molar-refractivity contribution in [2.24, 2.45) is 7.05 Å². The first-order valence-electron chi connectivity index (χ1n) is 6.79. The molecule has 2 aromatic rings. The van der Waals surface area contributed by atoms with Gasteiger partial charge in [0.05, 0.1) is 18.9 Å².